The highest BCUT2D eigenvalue weighted by atomic mass is 19.4. The van der Waals surface area contributed by atoms with Gasteiger partial charge in [0.15, 0.2) is 11.6 Å². The molecule has 3 nitrogen and oxygen atoms in total. The van der Waals surface area contributed by atoms with E-state index in [0.717, 1.165) is 6.07 Å². The van der Waals surface area contributed by atoms with E-state index in [9.17, 15) is 22.7 Å². The van der Waals surface area contributed by atoms with Crippen molar-refractivity contribution < 1.29 is 22.7 Å². The second-order valence-electron chi connectivity index (χ2n) is 5.17. The van der Waals surface area contributed by atoms with Gasteiger partial charge in [0.1, 0.15) is 0 Å². The van der Waals surface area contributed by atoms with Gasteiger partial charge in [-0.05, 0) is 24.1 Å². The van der Waals surface area contributed by atoms with Crippen LogP contribution in [-0.4, -0.2) is 42.4 Å². The second-order valence-corrected chi connectivity index (χ2v) is 5.17. The molecule has 1 aliphatic rings. The third-order valence-corrected chi connectivity index (χ3v) is 3.65. The second kappa shape index (κ2) is 6.62. The fourth-order valence-electron chi connectivity index (χ4n) is 2.58. The zero-order valence-electron chi connectivity index (χ0n) is 11.5. The summed E-state index contributed by atoms with van der Waals surface area (Å²) < 4.78 is 51.0. The van der Waals surface area contributed by atoms with Crippen molar-refractivity contribution in [3.8, 4) is 5.75 Å². The van der Waals surface area contributed by atoms with Crippen molar-refractivity contribution in [2.24, 2.45) is 0 Å². The summed E-state index contributed by atoms with van der Waals surface area (Å²) in [4.78, 5) is 1.92. The molecule has 1 atom stereocenters. The Bertz CT molecular complexity index is 473. The summed E-state index contributed by atoms with van der Waals surface area (Å²) in [6.45, 7) is 2.63. The Morgan fingerprint density at radius 3 is 2.48 bits per heavy atom. The summed E-state index contributed by atoms with van der Waals surface area (Å²) in [7, 11) is 0. The summed E-state index contributed by atoms with van der Waals surface area (Å²) in [5.74, 6) is -1.30. The number of hydrogen-bond donors (Lipinski definition) is 2. The summed E-state index contributed by atoms with van der Waals surface area (Å²) >= 11 is 0. The Hall–Kier alpha value is -1.34. The largest absolute Gasteiger partial charge is 0.505 e. The van der Waals surface area contributed by atoms with Crippen LogP contribution in [0.2, 0.25) is 0 Å². The topological polar surface area (TPSA) is 35.5 Å². The molecule has 1 fully saturated rings. The number of nitrogens with one attached hydrogen (secondary N) is 1. The van der Waals surface area contributed by atoms with E-state index < -0.39 is 30.2 Å². The number of nitrogens with zero attached hydrogens (tertiary/aromatic N) is 1. The number of benzene rings is 1. The first kappa shape index (κ1) is 16.0. The van der Waals surface area contributed by atoms with Crippen LogP contribution in [0.25, 0.3) is 0 Å². The van der Waals surface area contributed by atoms with Crippen LogP contribution < -0.4 is 5.32 Å². The van der Waals surface area contributed by atoms with E-state index in [4.69, 9.17) is 0 Å². The molecule has 118 valence electrons. The van der Waals surface area contributed by atoms with Gasteiger partial charge < -0.3 is 10.4 Å². The van der Waals surface area contributed by atoms with Crippen molar-refractivity contribution in [2.75, 3.05) is 26.2 Å². The first-order valence-electron chi connectivity index (χ1n) is 6.87. The minimum atomic E-state index is -4.23. The minimum Gasteiger partial charge on any atom is -0.505 e. The molecule has 0 unspecified atom stereocenters. The first-order valence-corrected chi connectivity index (χ1v) is 6.87. The molecule has 1 aliphatic heterocycles. The molecule has 1 saturated heterocycles. The predicted octanol–water partition coefficient (Wildman–Crippen LogP) is 2.82. The molecule has 2 N–H and O–H groups in total. The van der Waals surface area contributed by atoms with E-state index in [-0.39, 0.29) is 6.42 Å². The molecule has 0 spiro atoms. The van der Waals surface area contributed by atoms with Gasteiger partial charge in [-0.1, -0.05) is 6.07 Å². The van der Waals surface area contributed by atoms with E-state index in [1.807, 2.05) is 4.90 Å². The number of piperazine rings is 1. The smallest absolute Gasteiger partial charge is 0.389 e. The standard InChI is InChI=1S/C14H18F4N2O/c15-11-9-10(1-2-13(11)21)12(3-4-14(16,17)18)20-7-5-19-6-8-20/h1-2,9,12,19,21H,3-8H2/t12-/m1/s1. The molecule has 0 saturated carbocycles. The maximum atomic E-state index is 13.5. The average molecular weight is 306 g/mol. The number of halogens is 4. The number of phenols is 1. The Balaban J connectivity index is 2.18. The van der Waals surface area contributed by atoms with Gasteiger partial charge in [-0.2, -0.15) is 13.2 Å². The number of hydrogen-bond acceptors (Lipinski definition) is 3. The Kier molecular flexibility index (Phi) is 5.05. The average Bonchev–Trinajstić information content (AvgIpc) is 2.43. The molecule has 21 heavy (non-hydrogen) atoms. The summed E-state index contributed by atoms with van der Waals surface area (Å²) in [6.07, 6.45) is -5.26. The lowest BCUT2D eigenvalue weighted by molar-refractivity contribution is -0.138. The summed E-state index contributed by atoms with van der Waals surface area (Å²) in [6, 6.07) is 3.30. The molecule has 1 heterocycles. The molecule has 2 rings (SSSR count). The number of rotatable bonds is 4. The van der Waals surface area contributed by atoms with Gasteiger partial charge in [-0.15, -0.1) is 0 Å². The molecular weight excluding hydrogens is 288 g/mol. The Morgan fingerprint density at radius 1 is 1.24 bits per heavy atom. The van der Waals surface area contributed by atoms with Crippen LogP contribution >= 0.6 is 0 Å². The van der Waals surface area contributed by atoms with Gasteiger partial charge in [0.05, 0.1) is 0 Å². The van der Waals surface area contributed by atoms with Crippen LogP contribution in [0.15, 0.2) is 18.2 Å². The Morgan fingerprint density at radius 2 is 1.90 bits per heavy atom. The number of phenolic OH excluding ortho intramolecular Hbond substituents is 1. The number of aromatic hydroxyl groups is 1. The molecular formula is C14H18F4N2O. The van der Waals surface area contributed by atoms with Crippen molar-refractivity contribution in [3.05, 3.63) is 29.6 Å². The van der Waals surface area contributed by atoms with Crippen molar-refractivity contribution in [3.63, 3.8) is 0 Å². The van der Waals surface area contributed by atoms with E-state index in [2.05, 4.69) is 5.32 Å². The molecule has 0 aromatic heterocycles. The van der Waals surface area contributed by atoms with Crippen LogP contribution in [0.5, 0.6) is 5.75 Å². The molecule has 1 aromatic carbocycles. The van der Waals surface area contributed by atoms with E-state index in [1.165, 1.54) is 12.1 Å². The van der Waals surface area contributed by atoms with Gasteiger partial charge in [0.2, 0.25) is 0 Å². The van der Waals surface area contributed by atoms with Crippen LogP contribution in [0.3, 0.4) is 0 Å². The highest BCUT2D eigenvalue weighted by Crippen LogP contribution is 2.33. The lowest BCUT2D eigenvalue weighted by Gasteiger charge is -2.35. The van der Waals surface area contributed by atoms with Crippen molar-refractivity contribution in [2.45, 2.75) is 25.1 Å². The van der Waals surface area contributed by atoms with Crippen molar-refractivity contribution >= 4 is 0 Å². The minimum absolute atomic E-state index is 0.117. The molecule has 0 amide bonds. The zero-order valence-corrected chi connectivity index (χ0v) is 11.5. The maximum absolute atomic E-state index is 13.5. The van der Waals surface area contributed by atoms with Crippen LogP contribution in [0.1, 0.15) is 24.4 Å². The summed E-state index contributed by atoms with van der Waals surface area (Å²) in [5.41, 5.74) is 0.469. The lowest BCUT2D eigenvalue weighted by atomic mass is 9.99. The van der Waals surface area contributed by atoms with Gasteiger partial charge in [-0.3, -0.25) is 4.90 Å². The monoisotopic (exact) mass is 306 g/mol. The van der Waals surface area contributed by atoms with Crippen LogP contribution in [0.4, 0.5) is 17.6 Å². The van der Waals surface area contributed by atoms with E-state index in [1.54, 1.807) is 0 Å². The molecule has 0 aliphatic carbocycles. The third-order valence-electron chi connectivity index (χ3n) is 3.65. The van der Waals surface area contributed by atoms with Gasteiger partial charge in [-0.25, -0.2) is 4.39 Å². The fraction of sp³-hybridized carbons (Fsp3) is 0.571. The Labute approximate surface area is 120 Å². The van der Waals surface area contributed by atoms with Crippen LogP contribution in [-0.2, 0) is 0 Å². The van der Waals surface area contributed by atoms with Gasteiger partial charge in [0, 0.05) is 38.6 Å². The lowest BCUT2D eigenvalue weighted by Crippen LogP contribution is -2.45. The normalized spacial score (nSPS) is 18.7. The molecule has 0 bridgehead atoms. The van der Waals surface area contributed by atoms with Gasteiger partial charge >= 0.3 is 6.18 Å². The zero-order chi connectivity index (χ0) is 15.5. The molecule has 0 radical (unpaired) electrons. The fourth-order valence-corrected chi connectivity index (χ4v) is 2.58. The highest BCUT2D eigenvalue weighted by Gasteiger charge is 2.31. The molecule has 1 aromatic rings. The predicted molar refractivity (Wildman–Crippen MR) is 70.5 cm³/mol. The van der Waals surface area contributed by atoms with Crippen LogP contribution in [0, 0.1) is 5.82 Å². The van der Waals surface area contributed by atoms with E-state index in [0.29, 0.717) is 31.7 Å². The third kappa shape index (κ3) is 4.57. The van der Waals surface area contributed by atoms with Crippen molar-refractivity contribution in [1.29, 1.82) is 0 Å². The summed E-state index contributed by atoms with van der Waals surface area (Å²) in [5, 5.41) is 12.4. The quantitative estimate of drug-likeness (QED) is 0.840. The molecule has 7 heteroatoms. The highest BCUT2D eigenvalue weighted by molar-refractivity contribution is 5.30. The number of alkyl halides is 3. The van der Waals surface area contributed by atoms with E-state index >= 15 is 0 Å². The SMILES string of the molecule is Oc1ccc([C@@H](CCC(F)(F)F)N2CCNCC2)cc1F. The van der Waals surface area contributed by atoms with Gasteiger partial charge in [0.25, 0.3) is 0 Å². The first-order chi connectivity index (χ1) is 9.87. The van der Waals surface area contributed by atoms with Crippen molar-refractivity contribution in [1.82, 2.24) is 10.2 Å². The maximum Gasteiger partial charge on any atom is 0.389 e.